The van der Waals surface area contributed by atoms with Crippen molar-refractivity contribution in [2.75, 3.05) is 18.1 Å². The van der Waals surface area contributed by atoms with E-state index in [1.807, 2.05) is 18.2 Å². The number of benzene rings is 1. The average Bonchev–Trinajstić information content (AvgIpc) is 3.35. The number of carbonyl (C=O) groups excluding carboxylic acids is 1. The molecule has 3 fully saturated rings. The molecule has 0 N–H and O–H groups in total. The van der Waals surface area contributed by atoms with E-state index in [1.165, 1.54) is 43.0 Å². The standard InChI is InChI=1S/C21H28N2O3S2/c24-20(11-10-16-8-4-5-9-16)22-21-23(13-12-17-6-2-1-3-7-17)18-14-28(25,26)15-19(18)27-21/h1-3,6-7,16,18-19H,4-5,8-15H2/t18-,19+/m1/s1. The largest absolute Gasteiger partial charge is 0.346 e. The second-order valence-corrected chi connectivity index (χ2v) is 11.6. The van der Waals surface area contributed by atoms with Crippen molar-refractivity contribution >= 4 is 32.7 Å². The van der Waals surface area contributed by atoms with Gasteiger partial charge in [0.25, 0.3) is 0 Å². The molecule has 1 aromatic rings. The zero-order chi connectivity index (χ0) is 19.6. The molecule has 3 aliphatic rings. The van der Waals surface area contributed by atoms with Gasteiger partial charge in [0.1, 0.15) is 0 Å². The first kappa shape index (κ1) is 20.0. The summed E-state index contributed by atoms with van der Waals surface area (Å²) in [6.45, 7) is 0.697. The number of rotatable bonds is 6. The van der Waals surface area contributed by atoms with E-state index < -0.39 is 9.84 Å². The van der Waals surface area contributed by atoms with E-state index in [4.69, 9.17) is 0 Å². The summed E-state index contributed by atoms with van der Waals surface area (Å²) in [5.41, 5.74) is 1.21. The van der Waals surface area contributed by atoms with Crippen LogP contribution in [0, 0.1) is 5.92 Å². The van der Waals surface area contributed by atoms with E-state index in [-0.39, 0.29) is 28.7 Å². The molecule has 2 aliphatic heterocycles. The van der Waals surface area contributed by atoms with Crippen molar-refractivity contribution in [2.24, 2.45) is 10.9 Å². The fraction of sp³-hybridized carbons (Fsp3) is 0.619. The molecule has 5 nitrogen and oxygen atoms in total. The van der Waals surface area contributed by atoms with Crippen molar-refractivity contribution in [3.05, 3.63) is 35.9 Å². The maximum Gasteiger partial charge on any atom is 0.248 e. The Bertz CT molecular complexity index is 832. The molecule has 1 amide bonds. The van der Waals surface area contributed by atoms with Crippen LogP contribution < -0.4 is 0 Å². The molecule has 7 heteroatoms. The molecule has 2 saturated heterocycles. The molecule has 1 saturated carbocycles. The molecular weight excluding hydrogens is 392 g/mol. The molecule has 1 aliphatic carbocycles. The van der Waals surface area contributed by atoms with Gasteiger partial charge in [-0.05, 0) is 24.3 Å². The van der Waals surface area contributed by atoms with Crippen LogP contribution in [0.4, 0.5) is 0 Å². The summed E-state index contributed by atoms with van der Waals surface area (Å²) >= 11 is 1.49. The van der Waals surface area contributed by atoms with Crippen LogP contribution in [-0.2, 0) is 21.1 Å². The van der Waals surface area contributed by atoms with Crippen LogP contribution in [0.2, 0.25) is 0 Å². The lowest BCUT2D eigenvalue weighted by atomic mass is 10.0. The molecule has 152 valence electrons. The molecule has 0 spiro atoms. The molecule has 0 radical (unpaired) electrons. The Morgan fingerprint density at radius 1 is 1.14 bits per heavy atom. The summed E-state index contributed by atoms with van der Waals surface area (Å²) in [4.78, 5) is 19.0. The minimum absolute atomic E-state index is 0.00200. The molecule has 2 heterocycles. The van der Waals surface area contributed by atoms with Gasteiger partial charge in [-0.2, -0.15) is 4.99 Å². The summed E-state index contributed by atoms with van der Waals surface area (Å²) in [7, 11) is -3.00. The summed E-state index contributed by atoms with van der Waals surface area (Å²) < 4.78 is 24.2. The Labute approximate surface area is 171 Å². The molecule has 2 atom stereocenters. The zero-order valence-electron chi connectivity index (χ0n) is 16.1. The van der Waals surface area contributed by atoms with E-state index >= 15 is 0 Å². The van der Waals surface area contributed by atoms with Crippen LogP contribution in [0.15, 0.2) is 35.3 Å². The lowest BCUT2D eigenvalue weighted by molar-refractivity contribution is -0.118. The lowest BCUT2D eigenvalue weighted by Crippen LogP contribution is -2.39. The van der Waals surface area contributed by atoms with Crippen LogP contribution in [-0.4, -0.2) is 53.7 Å². The number of thioether (sulfide) groups is 1. The fourth-order valence-corrected chi connectivity index (χ4v) is 8.58. The van der Waals surface area contributed by atoms with Gasteiger partial charge < -0.3 is 4.90 Å². The fourth-order valence-electron chi connectivity index (χ4n) is 4.58. The maximum atomic E-state index is 12.5. The van der Waals surface area contributed by atoms with Gasteiger partial charge in [-0.25, -0.2) is 8.42 Å². The van der Waals surface area contributed by atoms with E-state index in [9.17, 15) is 13.2 Å². The highest BCUT2D eigenvalue weighted by atomic mass is 32.2. The average molecular weight is 421 g/mol. The predicted molar refractivity (Wildman–Crippen MR) is 114 cm³/mol. The van der Waals surface area contributed by atoms with Gasteiger partial charge in [0, 0.05) is 18.2 Å². The van der Waals surface area contributed by atoms with Crippen molar-refractivity contribution in [1.82, 2.24) is 4.90 Å². The molecule has 4 rings (SSSR count). The highest BCUT2D eigenvalue weighted by Crippen LogP contribution is 2.38. The third-order valence-corrected chi connectivity index (χ3v) is 9.37. The molecule has 28 heavy (non-hydrogen) atoms. The molecular formula is C21H28N2O3S2. The summed E-state index contributed by atoms with van der Waals surface area (Å²) in [5.74, 6) is 0.995. The number of fused-ring (bicyclic) bond motifs is 1. The van der Waals surface area contributed by atoms with Crippen molar-refractivity contribution in [2.45, 2.75) is 56.2 Å². The number of sulfone groups is 1. The van der Waals surface area contributed by atoms with Gasteiger partial charge in [0.05, 0.1) is 17.5 Å². The summed E-state index contributed by atoms with van der Waals surface area (Å²) in [6.07, 6.45) is 7.32. The molecule has 0 bridgehead atoms. The molecule has 0 aromatic heterocycles. The third kappa shape index (κ3) is 4.79. The summed E-state index contributed by atoms with van der Waals surface area (Å²) in [6, 6.07) is 10.1. The smallest absolute Gasteiger partial charge is 0.248 e. The van der Waals surface area contributed by atoms with E-state index in [0.717, 1.165) is 18.0 Å². The Hall–Kier alpha value is -1.34. The zero-order valence-corrected chi connectivity index (χ0v) is 17.8. The minimum Gasteiger partial charge on any atom is -0.346 e. The number of nitrogens with zero attached hydrogens (tertiary/aromatic N) is 2. The van der Waals surface area contributed by atoms with Crippen LogP contribution in [0.1, 0.15) is 44.1 Å². The molecule has 0 unspecified atom stereocenters. The second kappa shape index (κ2) is 8.57. The van der Waals surface area contributed by atoms with E-state index in [0.29, 0.717) is 18.9 Å². The van der Waals surface area contributed by atoms with Crippen LogP contribution in [0.3, 0.4) is 0 Å². The van der Waals surface area contributed by atoms with Gasteiger partial charge in [0.15, 0.2) is 15.0 Å². The Balaban J connectivity index is 1.43. The number of hydrogen-bond acceptors (Lipinski definition) is 4. The van der Waals surface area contributed by atoms with Crippen LogP contribution in [0.5, 0.6) is 0 Å². The first-order valence-electron chi connectivity index (χ1n) is 10.3. The SMILES string of the molecule is O=C(CCC1CCCC1)N=C1S[C@H]2CS(=O)(=O)C[C@H]2N1CCc1ccccc1. The number of aliphatic imine (C=N–C) groups is 1. The van der Waals surface area contributed by atoms with Crippen LogP contribution in [0.25, 0.3) is 0 Å². The Morgan fingerprint density at radius 3 is 2.64 bits per heavy atom. The van der Waals surface area contributed by atoms with Gasteiger partial charge in [-0.1, -0.05) is 67.8 Å². The first-order valence-corrected chi connectivity index (χ1v) is 13.0. The first-order chi connectivity index (χ1) is 13.5. The quantitative estimate of drug-likeness (QED) is 0.706. The number of hydrogen-bond donors (Lipinski definition) is 0. The van der Waals surface area contributed by atoms with E-state index in [2.05, 4.69) is 22.0 Å². The number of carbonyl (C=O) groups is 1. The Kier molecular flexibility index (Phi) is 6.11. The van der Waals surface area contributed by atoms with Gasteiger partial charge >= 0.3 is 0 Å². The Morgan fingerprint density at radius 2 is 1.89 bits per heavy atom. The third-order valence-electron chi connectivity index (χ3n) is 6.12. The highest BCUT2D eigenvalue weighted by molar-refractivity contribution is 8.15. The van der Waals surface area contributed by atoms with Crippen molar-refractivity contribution in [3.8, 4) is 0 Å². The number of amides is 1. The normalized spacial score (nSPS) is 28.1. The minimum atomic E-state index is -3.00. The maximum absolute atomic E-state index is 12.5. The monoisotopic (exact) mass is 420 g/mol. The van der Waals surface area contributed by atoms with Crippen LogP contribution >= 0.6 is 11.8 Å². The van der Waals surface area contributed by atoms with Crippen molar-refractivity contribution in [1.29, 1.82) is 0 Å². The number of amidine groups is 1. The van der Waals surface area contributed by atoms with Crippen molar-refractivity contribution in [3.63, 3.8) is 0 Å². The second-order valence-electron chi connectivity index (χ2n) is 8.21. The van der Waals surface area contributed by atoms with Gasteiger partial charge in [-0.3, -0.25) is 4.79 Å². The lowest BCUT2D eigenvalue weighted by Gasteiger charge is -2.24. The van der Waals surface area contributed by atoms with Gasteiger partial charge in [-0.15, -0.1) is 0 Å². The predicted octanol–water partition coefficient (Wildman–Crippen LogP) is 3.30. The van der Waals surface area contributed by atoms with Gasteiger partial charge in [0.2, 0.25) is 5.91 Å². The van der Waals surface area contributed by atoms with Crippen molar-refractivity contribution < 1.29 is 13.2 Å². The molecule has 1 aromatic carbocycles. The summed E-state index contributed by atoms with van der Waals surface area (Å²) in [5, 5.41) is 0.736. The highest BCUT2D eigenvalue weighted by Gasteiger charge is 2.48. The van der Waals surface area contributed by atoms with E-state index in [1.54, 1.807) is 0 Å². The topological polar surface area (TPSA) is 66.8 Å².